The van der Waals surface area contributed by atoms with Crippen molar-refractivity contribution in [3.05, 3.63) is 59.1 Å². The van der Waals surface area contributed by atoms with Gasteiger partial charge >= 0.3 is 0 Å². The van der Waals surface area contributed by atoms with Crippen LogP contribution < -0.4 is 11.1 Å². The number of rotatable bonds is 3. The highest BCUT2D eigenvalue weighted by Gasteiger charge is 2.29. The van der Waals surface area contributed by atoms with Crippen LogP contribution in [0.3, 0.4) is 0 Å². The molecule has 0 atom stereocenters. The molecule has 0 radical (unpaired) electrons. The van der Waals surface area contributed by atoms with Gasteiger partial charge in [-0.05, 0) is 37.6 Å². The Hall–Kier alpha value is -2.00. The Morgan fingerprint density at radius 3 is 2.45 bits per heavy atom. The van der Waals surface area contributed by atoms with Crippen molar-refractivity contribution in [3.8, 4) is 0 Å². The van der Waals surface area contributed by atoms with Gasteiger partial charge in [0.1, 0.15) is 0 Å². The molecule has 0 aliphatic carbocycles. The van der Waals surface area contributed by atoms with Crippen LogP contribution >= 0.6 is 11.6 Å². The minimum absolute atomic E-state index is 0.127. The van der Waals surface area contributed by atoms with E-state index in [1.807, 2.05) is 44.2 Å². The lowest BCUT2D eigenvalue weighted by Crippen LogP contribution is -2.34. The lowest BCUT2D eigenvalue weighted by atomic mass is 9.83. The summed E-state index contributed by atoms with van der Waals surface area (Å²) in [5, 5.41) is 3.38. The molecule has 4 heteroatoms. The van der Waals surface area contributed by atoms with Crippen LogP contribution in [0.5, 0.6) is 0 Å². The summed E-state index contributed by atoms with van der Waals surface area (Å²) in [6, 6.07) is 14.6. The molecule has 0 saturated heterocycles. The van der Waals surface area contributed by atoms with Crippen molar-refractivity contribution < 1.29 is 4.79 Å². The number of nitrogens with one attached hydrogen (secondary N) is 1. The van der Waals surface area contributed by atoms with Gasteiger partial charge in [0.15, 0.2) is 0 Å². The van der Waals surface area contributed by atoms with Crippen molar-refractivity contribution in [2.45, 2.75) is 19.3 Å². The van der Waals surface area contributed by atoms with Crippen molar-refractivity contribution in [3.63, 3.8) is 0 Å². The molecule has 2 aromatic rings. The average Bonchev–Trinajstić information content (AvgIpc) is 2.43. The van der Waals surface area contributed by atoms with Crippen LogP contribution in [0.25, 0.3) is 0 Å². The number of nitrogens with two attached hydrogens (primary N) is 1. The van der Waals surface area contributed by atoms with E-state index in [2.05, 4.69) is 5.32 Å². The molecule has 0 bridgehead atoms. The van der Waals surface area contributed by atoms with Crippen LogP contribution in [-0.2, 0) is 10.2 Å². The zero-order valence-electron chi connectivity index (χ0n) is 11.5. The molecule has 3 nitrogen and oxygen atoms in total. The topological polar surface area (TPSA) is 55.1 Å². The van der Waals surface area contributed by atoms with Crippen molar-refractivity contribution in [1.29, 1.82) is 0 Å². The predicted octanol–water partition coefficient (Wildman–Crippen LogP) is 3.84. The highest BCUT2D eigenvalue weighted by Crippen LogP contribution is 2.28. The Kier molecular flexibility index (Phi) is 4.00. The fourth-order valence-electron chi connectivity index (χ4n) is 1.90. The van der Waals surface area contributed by atoms with Gasteiger partial charge in [-0.3, -0.25) is 4.79 Å². The predicted molar refractivity (Wildman–Crippen MR) is 84.0 cm³/mol. The Labute approximate surface area is 123 Å². The summed E-state index contributed by atoms with van der Waals surface area (Å²) >= 11 is 5.92. The van der Waals surface area contributed by atoms with Gasteiger partial charge in [0.05, 0.1) is 16.8 Å². The second-order valence-electron chi connectivity index (χ2n) is 5.18. The lowest BCUT2D eigenvalue weighted by Gasteiger charge is -2.24. The van der Waals surface area contributed by atoms with E-state index in [1.54, 1.807) is 18.2 Å². The average molecular weight is 289 g/mol. The first kappa shape index (κ1) is 14.4. The standard InChI is InChI=1S/C16H17ClN2O/c1-16(2,11-6-4-3-5-7-11)15(20)19-14-10-12(17)8-9-13(14)18/h3-10H,18H2,1-2H3,(H,19,20). The number of hydrogen-bond donors (Lipinski definition) is 2. The molecular weight excluding hydrogens is 272 g/mol. The maximum absolute atomic E-state index is 12.5. The molecule has 0 unspecified atom stereocenters. The van der Waals surface area contributed by atoms with E-state index in [0.717, 1.165) is 5.56 Å². The molecule has 1 amide bonds. The molecule has 0 aromatic heterocycles. The molecule has 104 valence electrons. The van der Waals surface area contributed by atoms with E-state index >= 15 is 0 Å². The third-order valence-corrected chi connectivity index (χ3v) is 3.56. The van der Waals surface area contributed by atoms with E-state index in [4.69, 9.17) is 17.3 Å². The van der Waals surface area contributed by atoms with Crippen molar-refractivity contribution in [1.82, 2.24) is 0 Å². The summed E-state index contributed by atoms with van der Waals surface area (Å²) in [6.07, 6.45) is 0. The Bertz CT molecular complexity index is 624. The van der Waals surface area contributed by atoms with Gasteiger partial charge < -0.3 is 11.1 Å². The number of hydrogen-bond acceptors (Lipinski definition) is 2. The van der Waals surface area contributed by atoms with Crippen LogP contribution in [0.1, 0.15) is 19.4 Å². The van der Waals surface area contributed by atoms with Gasteiger partial charge in [-0.2, -0.15) is 0 Å². The molecule has 3 N–H and O–H groups in total. The fourth-order valence-corrected chi connectivity index (χ4v) is 2.07. The van der Waals surface area contributed by atoms with Crippen LogP contribution in [0.4, 0.5) is 11.4 Å². The van der Waals surface area contributed by atoms with Crippen molar-refractivity contribution >= 4 is 28.9 Å². The molecule has 0 spiro atoms. The minimum Gasteiger partial charge on any atom is -0.397 e. The second-order valence-corrected chi connectivity index (χ2v) is 5.61. The normalized spacial score (nSPS) is 11.2. The minimum atomic E-state index is -0.657. The molecule has 0 saturated carbocycles. The Morgan fingerprint density at radius 1 is 1.15 bits per heavy atom. The quantitative estimate of drug-likeness (QED) is 0.843. The number of carbonyl (C=O) groups excluding carboxylic acids is 1. The highest BCUT2D eigenvalue weighted by molar-refractivity contribution is 6.31. The van der Waals surface area contributed by atoms with Gasteiger partial charge in [0.2, 0.25) is 5.91 Å². The first-order valence-corrected chi connectivity index (χ1v) is 6.71. The zero-order valence-corrected chi connectivity index (χ0v) is 12.2. The first-order chi connectivity index (χ1) is 9.41. The van der Waals surface area contributed by atoms with Crippen LogP contribution in [-0.4, -0.2) is 5.91 Å². The largest absolute Gasteiger partial charge is 0.397 e. The number of amides is 1. The number of benzene rings is 2. The van der Waals surface area contributed by atoms with Crippen molar-refractivity contribution in [2.75, 3.05) is 11.1 Å². The summed E-state index contributed by atoms with van der Waals surface area (Å²) in [4.78, 5) is 12.5. The summed E-state index contributed by atoms with van der Waals surface area (Å²) in [5.74, 6) is -0.127. The smallest absolute Gasteiger partial charge is 0.234 e. The van der Waals surface area contributed by atoms with E-state index in [0.29, 0.717) is 16.4 Å². The molecule has 2 rings (SSSR count). The summed E-state index contributed by atoms with van der Waals surface area (Å²) in [5.41, 5.74) is 7.16. The molecule has 0 heterocycles. The monoisotopic (exact) mass is 288 g/mol. The maximum atomic E-state index is 12.5. The number of anilines is 2. The molecule has 0 aliphatic rings. The second kappa shape index (κ2) is 5.55. The van der Waals surface area contributed by atoms with Crippen molar-refractivity contribution in [2.24, 2.45) is 0 Å². The molecule has 20 heavy (non-hydrogen) atoms. The molecular formula is C16H17ClN2O. The van der Waals surface area contributed by atoms with E-state index < -0.39 is 5.41 Å². The molecule has 2 aromatic carbocycles. The Morgan fingerprint density at radius 2 is 1.80 bits per heavy atom. The summed E-state index contributed by atoms with van der Waals surface area (Å²) in [6.45, 7) is 3.75. The Balaban J connectivity index is 2.26. The summed E-state index contributed by atoms with van der Waals surface area (Å²) in [7, 11) is 0. The third-order valence-electron chi connectivity index (χ3n) is 3.33. The van der Waals surface area contributed by atoms with Crippen LogP contribution in [0, 0.1) is 0 Å². The fraction of sp³-hybridized carbons (Fsp3) is 0.188. The van der Waals surface area contributed by atoms with Crippen LogP contribution in [0.15, 0.2) is 48.5 Å². The maximum Gasteiger partial charge on any atom is 0.234 e. The van der Waals surface area contributed by atoms with Gasteiger partial charge in [0, 0.05) is 5.02 Å². The third kappa shape index (κ3) is 2.94. The van der Waals surface area contributed by atoms with Gasteiger partial charge in [-0.15, -0.1) is 0 Å². The number of halogens is 1. The van der Waals surface area contributed by atoms with Gasteiger partial charge in [-0.1, -0.05) is 41.9 Å². The summed E-state index contributed by atoms with van der Waals surface area (Å²) < 4.78 is 0. The van der Waals surface area contributed by atoms with Gasteiger partial charge in [0.25, 0.3) is 0 Å². The SMILES string of the molecule is CC(C)(C(=O)Nc1cc(Cl)ccc1N)c1ccccc1. The van der Waals surface area contributed by atoms with Gasteiger partial charge in [-0.25, -0.2) is 0 Å². The first-order valence-electron chi connectivity index (χ1n) is 6.33. The zero-order chi connectivity index (χ0) is 14.8. The highest BCUT2D eigenvalue weighted by atomic mass is 35.5. The van der Waals surface area contributed by atoms with E-state index in [1.165, 1.54) is 0 Å². The molecule has 0 fully saturated rings. The lowest BCUT2D eigenvalue weighted by molar-refractivity contribution is -0.120. The number of nitrogen functional groups attached to an aromatic ring is 1. The van der Waals surface area contributed by atoms with E-state index in [-0.39, 0.29) is 5.91 Å². The molecule has 0 aliphatic heterocycles. The number of carbonyl (C=O) groups is 1. The van der Waals surface area contributed by atoms with Crippen LogP contribution in [0.2, 0.25) is 5.02 Å². The van der Waals surface area contributed by atoms with E-state index in [9.17, 15) is 4.79 Å².